The average Bonchev–Trinajstić information content (AvgIpc) is 2.79. The van der Waals surface area contributed by atoms with Crippen LogP contribution in [0.3, 0.4) is 0 Å². The van der Waals surface area contributed by atoms with Crippen LogP contribution >= 0.6 is 0 Å². The summed E-state index contributed by atoms with van der Waals surface area (Å²) < 4.78 is 5.91. The van der Waals surface area contributed by atoms with Crippen LogP contribution in [-0.4, -0.2) is 24.7 Å². The molecule has 1 heterocycles. The van der Waals surface area contributed by atoms with Gasteiger partial charge in [0, 0.05) is 17.9 Å². The quantitative estimate of drug-likeness (QED) is 0.804. The summed E-state index contributed by atoms with van der Waals surface area (Å²) >= 11 is 0. The zero-order chi connectivity index (χ0) is 15.1. The molecule has 0 radical (unpaired) electrons. The fraction of sp³-hybridized carbons (Fsp3) is 0.944. The van der Waals surface area contributed by atoms with Gasteiger partial charge in [0.25, 0.3) is 0 Å². The summed E-state index contributed by atoms with van der Waals surface area (Å²) in [6.07, 6.45) is 9.06. The lowest BCUT2D eigenvalue weighted by atomic mass is 9.70. The van der Waals surface area contributed by atoms with E-state index in [9.17, 15) is 4.79 Å². The first-order chi connectivity index (χ1) is 9.93. The van der Waals surface area contributed by atoms with Crippen molar-refractivity contribution in [3.05, 3.63) is 0 Å². The van der Waals surface area contributed by atoms with Gasteiger partial charge in [-0.15, -0.1) is 0 Å². The zero-order valence-electron chi connectivity index (χ0n) is 13.9. The Morgan fingerprint density at radius 1 is 1.24 bits per heavy atom. The molecule has 3 rings (SSSR count). The van der Waals surface area contributed by atoms with Crippen molar-refractivity contribution in [2.24, 2.45) is 16.7 Å². The Morgan fingerprint density at radius 2 is 2.05 bits per heavy atom. The molecule has 3 nitrogen and oxygen atoms in total. The first kappa shape index (κ1) is 15.3. The number of nitrogens with one attached hydrogen (secondary N) is 1. The Morgan fingerprint density at radius 3 is 2.62 bits per heavy atom. The maximum Gasteiger partial charge on any atom is 0.306 e. The monoisotopic (exact) mass is 293 g/mol. The third-order valence-corrected chi connectivity index (χ3v) is 7.10. The van der Waals surface area contributed by atoms with Crippen molar-refractivity contribution in [1.82, 2.24) is 5.32 Å². The SMILES string of the molecule is CC1(C)C2CCC1(C)C(OC(=O)CCC1CCCCN1)C2. The first-order valence-corrected chi connectivity index (χ1v) is 8.86. The normalized spacial score (nSPS) is 41.2. The number of piperidine rings is 1. The standard InChI is InChI=1S/C18H31NO2/c1-17(2)13-9-10-18(17,3)15(12-13)21-16(20)8-7-14-6-4-5-11-19-14/h13-15,19H,4-12H2,1-3H3. The van der Waals surface area contributed by atoms with E-state index in [2.05, 4.69) is 26.1 Å². The Balaban J connectivity index is 1.49. The predicted molar refractivity (Wildman–Crippen MR) is 84.0 cm³/mol. The summed E-state index contributed by atoms with van der Waals surface area (Å²) in [6, 6.07) is 0.526. The molecule has 0 aromatic heterocycles. The van der Waals surface area contributed by atoms with Gasteiger partial charge >= 0.3 is 5.97 Å². The molecule has 0 spiro atoms. The zero-order valence-corrected chi connectivity index (χ0v) is 13.9. The number of carbonyl (C=O) groups excluding carboxylic acids is 1. The van der Waals surface area contributed by atoms with Crippen LogP contribution in [0.25, 0.3) is 0 Å². The van der Waals surface area contributed by atoms with Gasteiger partial charge in [-0.05, 0) is 56.4 Å². The smallest absolute Gasteiger partial charge is 0.306 e. The molecule has 0 aromatic carbocycles. The van der Waals surface area contributed by atoms with Crippen molar-refractivity contribution in [2.45, 2.75) is 84.3 Å². The minimum absolute atomic E-state index is 0.0250. The molecular formula is C18H31NO2. The molecule has 0 amide bonds. The van der Waals surface area contributed by atoms with E-state index in [-0.39, 0.29) is 17.5 Å². The van der Waals surface area contributed by atoms with Gasteiger partial charge in [-0.2, -0.15) is 0 Å². The van der Waals surface area contributed by atoms with Crippen LogP contribution in [0.2, 0.25) is 0 Å². The number of esters is 1. The highest BCUT2D eigenvalue weighted by Crippen LogP contribution is 2.66. The van der Waals surface area contributed by atoms with Crippen LogP contribution < -0.4 is 5.32 Å². The van der Waals surface area contributed by atoms with Gasteiger partial charge < -0.3 is 10.1 Å². The maximum absolute atomic E-state index is 12.2. The highest BCUT2D eigenvalue weighted by atomic mass is 16.5. The summed E-state index contributed by atoms with van der Waals surface area (Å²) in [5, 5.41) is 3.51. The first-order valence-electron chi connectivity index (χ1n) is 8.86. The van der Waals surface area contributed by atoms with E-state index in [1.807, 2.05) is 0 Å². The van der Waals surface area contributed by atoms with E-state index in [0.29, 0.717) is 17.9 Å². The molecule has 0 aromatic rings. The second-order valence-corrected chi connectivity index (χ2v) is 8.27. The Labute approximate surface area is 129 Å². The minimum atomic E-state index is 0.0250. The number of ether oxygens (including phenoxy) is 1. The number of fused-ring (bicyclic) bond motifs is 2. The van der Waals surface area contributed by atoms with Gasteiger partial charge in [0.05, 0.1) is 0 Å². The molecule has 2 saturated carbocycles. The number of carbonyl (C=O) groups is 1. The lowest BCUT2D eigenvalue weighted by Gasteiger charge is -2.38. The highest BCUT2D eigenvalue weighted by molar-refractivity contribution is 5.69. The third-order valence-electron chi connectivity index (χ3n) is 7.10. The average molecular weight is 293 g/mol. The van der Waals surface area contributed by atoms with E-state index >= 15 is 0 Å². The van der Waals surface area contributed by atoms with Gasteiger partial charge in [0.15, 0.2) is 0 Å². The Kier molecular flexibility index (Phi) is 4.06. The Bertz CT molecular complexity index is 400. The van der Waals surface area contributed by atoms with E-state index in [1.54, 1.807) is 0 Å². The summed E-state index contributed by atoms with van der Waals surface area (Å²) in [7, 11) is 0. The van der Waals surface area contributed by atoms with Crippen LogP contribution in [-0.2, 0) is 9.53 Å². The van der Waals surface area contributed by atoms with Crippen LogP contribution in [0.1, 0.15) is 72.1 Å². The number of hydrogen-bond acceptors (Lipinski definition) is 3. The molecule has 3 heteroatoms. The second kappa shape index (κ2) is 5.57. The third kappa shape index (κ3) is 2.62. The second-order valence-electron chi connectivity index (χ2n) is 8.27. The number of rotatable bonds is 4. The lowest BCUT2D eigenvalue weighted by Crippen LogP contribution is -2.39. The molecule has 3 fully saturated rings. The Hall–Kier alpha value is -0.570. The summed E-state index contributed by atoms with van der Waals surface area (Å²) in [5.41, 5.74) is 0.513. The van der Waals surface area contributed by atoms with Gasteiger partial charge in [0.2, 0.25) is 0 Å². The predicted octanol–water partition coefficient (Wildman–Crippen LogP) is 3.67. The molecule has 1 aliphatic heterocycles. The van der Waals surface area contributed by atoms with Crippen LogP contribution in [0.4, 0.5) is 0 Å². The molecule has 1 saturated heterocycles. The van der Waals surface area contributed by atoms with Crippen molar-refractivity contribution < 1.29 is 9.53 Å². The molecule has 4 unspecified atom stereocenters. The summed E-state index contributed by atoms with van der Waals surface area (Å²) in [6.45, 7) is 8.17. The summed E-state index contributed by atoms with van der Waals surface area (Å²) in [5.74, 6) is 0.761. The van der Waals surface area contributed by atoms with E-state index in [0.717, 1.165) is 25.3 Å². The van der Waals surface area contributed by atoms with Crippen LogP contribution in [0, 0.1) is 16.7 Å². The molecule has 2 bridgehead atoms. The lowest BCUT2D eigenvalue weighted by molar-refractivity contribution is -0.157. The number of hydrogen-bond donors (Lipinski definition) is 1. The van der Waals surface area contributed by atoms with Crippen molar-refractivity contribution in [3.8, 4) is 0 Å². The van der Waals surface area contributed by atoms with Crippen LogP contribution in [0.5, 0.6) is 0 Å². The largest absolute Gasteiger partial charge is 0.462 e. The fourth-order valence-corrected chi connectivity index (χ4v) is 4.99. The molecule has 2 aliphatic carbocycles. The van der Waals surface area contributed by atoms with Crippen molar-refractivity contribution in [3.63, 3.8) is 0 Å². The minimum Gasteiger partial charge on any atom is -0.462 e. The van der Waals surface area contributed by atoms with Gasteiger partial charge in [-0.25, -0.2) is 0 Å². The fourth-order valence-electron chi connectivity index (χ4n) is 4.99. The van der Waals surface area contributed by atoms with E-state index in [1.165, 1.54) is 32.1 Å². The molecule has 120 valence electrons. The maximum atomic E-state index is 12.2. The topological polar surface area (TPSA) is 38.3 Å². The van der Waals surface area contributed by atoms with Crippen LogP contribution in [0.15, 0.2) is 0 Å². The molecule has 3 aliphatic rings. The van der Waals surface area contributed by atoms with Crippen molar-refractivity contribution in [1.29, 1.82) is 0 Å². The van der Waals surface area contributed by atoms with E-state index in [4.69, 9.17) is 4.74 Å². The molecular weight excluding hydrogens is 262 g/mol. The molecule has 1 N–H and O–H groups in total. The van der Waals surface area contributed by atoms with Gasteiger partial charge in [-0.3, -0.25) is 4.79 Å². The van der Waals surface area contributed by atoms with Crippen molar-refractivity contribution >= 4 is 5.97 Å². The molecule has 4 atom stereocenters. The summed E-state index contributed by atoms with van der Waals surface area (Å²) in [4.78, 5) is 12.2. The highest BCUT2D eigenvalue weighted by Gasteiger charge is 2.62. The van der Waals surface area contributed by atoms with E-state index < -0.39 is 0 Å². The van der Waals surface area contributed by atoms with Gasteiger partial charge in [0.1, 0.15) is 6.10 Å². The van der Waals surface area contributed by atoms with Gasteiger partial charge in [-0.1, -0.05) is 27.2 Å². The van der Waals surface area contributed by atoms with Crippen molar-refractivity contribution in [2.75, 3.05) is 6.54 Å². The molecule has 21 heavy (non-hydrogen) atoms.